The molecular formula is C10H9BrN4S. The fourth-order valence-corrected chi connectivity index (χ4v) is 1.76. The Bertz CT molecular complexity index is 523. The van der Waals surface area contributed by atoms with Crippen LogP contribution in [-0.2, 0) is 6.54 Å². The van der Waals surface area contributed by atoms with Crippen molar-refractivity contribution >= 4 is 33.1 Å². The molecule has 0 bridgehead atoms. The normalized spacial score (nSPS) is 10.3. The molecular weight excluding hydrogens is 288 g/mol. The zero-order valence-electron chi connectivity index (χ0n) is 8.30. The molecule has 2 aromatic heterocycles. The molecule has 0 aliphatic heterocycles. The molecule has 2 N–H and O–H groups in total. The molecule has 2 rings (SSSR count). The molecule has 0 aliphatic rings. The highest BCUT2D eigenvalue weighted by Crippen LogP contribution is 2.09. The Kier molecular flexibility index (Phi) is 3.31. The van der Waals surface area contributed by atoms with Crippen molar-refractivity contribution in [1.82, 2.24) is 14.8 Å². The molecule has 16 heavy (non-hydrogen) atoms. The van der Waals surface area contributed by atoms with Crippen molar-refractivity contribution in [3.05, 3.63) is 46.5 Å². The highest BCUT2D eigenvalue weighted by Gasteiger charge is 2.01. The van der Waals surface area contributed by atoms with Crippen LogP contribution in [0.4, 0.5) is 0 Å². The van der Waals surface area contributed by atoms with Crippen LogP contribution >= 0.6 is 28.1 Å². The van der Waals surface area contributed by atoms with Crippen molar-refractivity contribution in [3.63, 3.8) is 0 Å². The van der Waals surface area contributed by atoms with Gasteiger partial charge in [0.1, 0.15) is 4.99 Å². The Labute approximate surface area is 107 Å². The highest BCUT2D eigenvalue weighted by molar-refractivity contribution is 9.10. The Morgan fingerprint density at radius 1 is 1.56 bits per heavy atom. The fourth-order valence-electron chi connectivity index (χ4n) is 1.32. The highest BCUT2D eigenvalue weighted by atomic mass is 79.9. The molecule has 0 aromatic carbocycles. The first-order valence-corrected chi connectivity index (χ1v) is 5.78. The predicted octanol–water partition coefficient (Wildman–Crippen LogP) is 1.72. The number of pyridine rings is 1. The average Bonchev–Trinajstić information content (AvgIpc) is 2.64. The number of halogens is 1. The minimum atomic E-state index is 0.309. The summed E-state index contributed by atoms with van der Waals surface area (Å²) in [5.74, 6) is 0. The first-order valence-electron chi connectivity index (χ1n) is 4.58. The molecule has 82 valence electrons. The molecule has 0 fully saturated rings. The second-order valence-electron chi connectivity index (χ2n) is 3.27. The second kappa shape index (κ2) is 4.71. The Hall–Kier alpha value is -1.27. The standard InChI is InChI=1S/C10H9BrN4S/c11-8-4-14-15(6-8)5-7-1-2-13-9(3-7)10(12)16/h1-4,6H,5H2,(H2,12,16). The van der Waals surface area contributed by atoms with E-state index in [1.807, 2.05) is 23.0 Å². The topological polar surface area (TPSA) is 56.7 Å². The van der Waals surface area contributed by atoms with Gasteiger partial charge in [0.2, 0.25) is 0 Å². The van der Waals surface area contributed by atoms with E-state index in [2.05, 4.69) is 26.0 Å². The van der Waals surface area contributed by atoms with Crippen molar-refractivity contribution in [2.75, 3.05) is 0 Å². The molecule has 0 aliphatic carbocycles. The summed E-state index contributed by atoms with van der Waals surface area (Å²) in [5.41, 5.74) is 7.22. The molecule has 4 nitrogen and oxygen atoms in total. The summed E-state index contributed by atoms with van der Waals surface area (Å²) >= 11 is 8.22. The summed E-state index contributed by atoms with van der Waals surface area (Å²) < 4.78 is 2.78. The van der Waals surface area contributed by atoms with Crippen LogP contribution in [0.1, 0.15) is 11.3 Å². The van der Waals surface area contributed by atoms with Crippen LogP contribution < -0.4 is 5.73 Å². The SMILES string of the molecule is NC(=S)c1cc(Cn2cc(Br)cn2)ccn1. The maximum atomic E-state index is 5.52. The third-order valence-corrected chi connectivity index (χ3v) is 2.64. The van der Waals surface area contributed by atoms with Crippen LogP contribution in [0.3, 0.4) is 0 Å². The molecule has 2 heterocycles. The van der Waals surface area contributed by atoms with Crippen LogP contribution in [0.5, 0.6) is 0 Å². The Morgan fingerprint density at radius 3 is 3.00 bits per heavy atom. The van der Waals surface area contributed by atoms with Crippen LogP contribution in [0.15, 0.2) is 35.2 Å². The number of thiocarbonyl (C=S) groups is 1. The first kappa shape index (κ1) is 11.2. The third kappa shape index (κ3) is 2.65. The number of hydrogen-bond donors (Lipinski definition) is 1. The molecule has 0 spiro atoms. The number of hydrogen-bond acceptors (Lipinski definition) is 3. The van der Waals surface area contributed by atoms with Gasteiger partial charge in [0.15, 0.2) is 0 Å². The third-order valence-electron chi connectivity index (χ3n) is 2.02. The summed E-state index contributed by atoms with van der Waals surface area (Å²) in [7, 11) is 0. The van der Waals surface area contributed by atoms with Crippen molar-refractivity contribution in [2.45, 2.75) is 6.54 Å². The predicted molar refractivity (Wildman–Crippen MR) is 69.2 cm³/mol. The van der Waals surface area contributed by atoms with Gasteiger partial charge in [-0.15, -0.1) is 0 Å². The molecule has 0 saturated carbocycles. The van der Waals surface area contributed by atoms with Gasteiger partial charge in [0.25, 0.3) is 0 Å². The summed E-state index contributed by atoms with van der Waals surface area (Å²) in [5, 5.41) is 4.17. The van der Waals surface area contributed by atoms with E-state index >= 15 is 0 Å². The van der Waals surface area contributed by atoms with E-state index in [0.29, 0.717) is 17.2 Å². The van der Waals surface area contributed by atoms with Gasteiger partial charge in [-0.3, -0.25) is 9.67 Å². The molecule has 0 saturated heterocycles. The van der Waals surface area contributed by atoms with Gasteiger partial charge in [-0.05, 0) is 33.6 Å². The lowest BCUT2D eigenvalue weighted by molar-refractivity contribution is 0.686. The van der Waals surface area contributed by atoms with E-state index < -0.39 is 0 Å². The van der Waals surface area contributed by atoms with Crippen LogP contribution in [0.2, 0.25) is 0 Å². The van der Waals surface area contributed by atoms with Crippen molar-refractivity contribution < 1.29 is 0 Å². The maximum Gasteiger partial charge on any atom is 0.122 e. The number of nitrogens with zero attached hydrogens (tertiary/aromatic N) is 3. The van der Waals surface area contributed by atoms with Crippen molar-refractivity contribution in [3.8, 4) is 0 Å². The van der Waals surface area contributed by atoms with E-state index in [1.54, 1.807) is 12.4 Å². The molecule has 6 heteroatoms. The van der Waals surface area contributed by atoms with Gasteiger partial charge in [0.05, 0.1) is 22.9 Å². The maximum absolute atomic E-state index is 5.52. The number of aromatic nitrogens is 3. The lowest BCUT2D eigenvalue weighted by atomic mass is 10.2. The van der Waals surface area contributed by atoms with Gasteiger partial charge >= 0.3 is 0 Å². The largest absolute Gasteiger partial charge is 0.388 e. The molecule has 0 atom stereocenters. The molecule has 2 aromatic rings. The number of nitrogens with two attached hydrogens (primary N) is 1. The van der Waals surface area contributed by atoms with Gasteiger partial charge < -0.3 is 5.73 Å². The zero-order valence-corrected chi connectivity index (χ0v) is 10.7. The van der Waals surface area contributed by atoms with Crippen LogP contribution in [0.25, 0.3) is 0 Å². The fraction of sp³-hybridized carbons (Fsp3) is 0.100. The zero-order chi connectivity index (χ0) is 11.5. The van der Waals surface area contributed by atoms with Gasteiger partial charge in [-0.1, -0.05) is 12.2 Å². The van der Waals surface area contributed by atoms with E-state index in [0.717, 1.165) is 10.0 Å². The second-order valence-corrected chi connectivity index (χ2v) is 4.63. The quantitative estimate of drug-likeness (QED) is 0.877. The van der Waals surface area contributed by atoms with Gasteiger partial charge in [-0.25, -0.2) is 0 Å². The van der Waals surface area contributed by atoms with E-state index in [4.69, 9.17) is 18.0 Å². The van der Waals surface area contributed by atoms with Crippen LogP contribution in [0, 0.1) is 0 Å². The van der Waals surface area contributed by atoms with E-state index in [1.165, 1.54) is 0 Å². The minimum Gasteiger partial charge on any atom is -0.388 e. The Balaban J connectivity index is 2.21. The lowest BCUT2D eigenvalue weighted by Gasteiger charge is -2.03. The Morgan fingerprint density at radius 2 is 2.38 bits per heavy atom. The summed E-state index contributed by atoms with van der Waals surface area (Å²) in [6.45, 7) is 0.670. The molecule has 0 amide bonds. The monoisotopic (exact) mass is 296 g/mol. The minimum absolute atomic E-state index is 0.309. The average molecular weight is 297 g/mol. The molecule has 0 unspecified atom stereocenters. The summed E-state index contributed by atoms with van der Waals surface area (Å²) in [4.78, 5) is 4.39. The molecule has 0 radical (unpaired) electrons. The first-order chi connectivity index (χ1) is 7.65. The van der Waals surface area contributed by atoms with E-state index in [-0.39, 0.29) is 0 Å². The summed E-state index contributed by atoms with van der Waals surface area (Å²) in [6.07, 6.45) is 5.35. The lowest BCUT2D eigenvalue weighted by Crippen LogP contribution is -2.12. The van der Waals surface area contributed by atoms with Crippen molar-refractivity contribution in [1.29, 1.82) is 0 Å². The smallest absolute Gasteiger partial charge is 0.122 e. The van der Waals surface area contributed by atoms with Crippen LogP contribution in [-0.4, -0.2) is 19.8 Å². The van der Waals surface area contributed by atoms with Crippen molar-refractivity contribution in [2.24, 2.45) is 5.73 Å². The van der Waals surface area contributed by atoms with Gasteiger partial charge in [-0.2, -0.15) is 5.10 Å². The summed E-state index contributed by atoms with van der Waals surface area (Å²) in [6, 6.07) is 3.79. The number of rotatable bonds is 3. The van der Waals surface area contributed by atoms with E-state index in [9.17, 15) is 0 Å². The van der Waals surface area contributed by atoms with Gasteiger partial charge in [0, 0.05) is 12.4 Å².